The first-order valence-electron chi connectivity index (χ1n) is 8.59. The van der Waals surface area contributed by atoms with E-state index in [-0.39, 0.29) is 17.0 Å². The maximum absolute atomic E-state index is 12.8. The summed E-state index contributed by atoms with van der Waals surface area (Å²) in [5.74, 6) is 0.991. The number of rotatable bonds is 2. The number of likely N-dealkylation sites (tertiary alicyclic amines) is 1. The highest BCUT2D eigenvalue weighted by molar-refractivity contribution is 5.92. The summed E-state index contributed by atoms with van der Waals surface area (Å²) in [6.07, 6.45) is 3.66. The third kappa shape index (κ3) is 2.54. The summed E-state index contributed by atoms with van der Waals surface area (Å²) in [7, 11) is 0. The van der Waals surface area contributed by atoms with Crippen molar-refractivity contribution < 1.29 is 4.79 Å². The van der Waals surface area contributed by atoms with Gasteiger partial charge in [0.2, 0.25) is 5.43 Å². The van der Waals surface area contributed by atoms with Gasteiger partial charge < -0.3 is 4.90 Å². The highest BCUT2D eigenvalue weighted by Crippen LogP contribution is 2.37. The highest BCUT2D eigenvalue weighted by atomic mass is 16.2. The molecule has 124 valence electrons. The smallest absolute Gasteiger partial charge is 0.278 e. The van der Waals surface area contributed by atoms with Crippen LogP contribution in [0.2, 0.25) is 0 Å². The standard InChI is InChI=1S/C19H21N3O2/c1-13-10-17(23)18(20-22(13)16-8-3-2-4-9-16)19(24)21-11-14-6-5-7-15(14)12-21/h2-4,8-10,14-15H,5-7,11-12H2,1H3/t14-,15+. The van der Waals surface area contributed by atoms with Crippen molar-refractivity contribution in [2.75, 3.05) is 13.1 Å². The molecule has 1 saturated carbocycles. The van der Waals surface area contributed by atoms with Gasteiger partial charge in [-0.15, -0.1) is 0 Å². The van der Waals surface area contributed by atoms with E-state index in [1.165, 1.54) is 25.3 Å². The minimum absolute atomic E-state index is 0.0319. The first-order chi connectivity index (χ1) is 11.6. The third-order valence-electron chi connectivity index (χ3n) is 5.32. The van der Waals surface area contributed by atoms with Gasteiger partial charge in [0.15, 0.2) is 5.69 Å². The quantitative estimate of drug-likeness (QED) is 0.853. The molecule has 24 heavy (non-hydrogen) atoms. The molecule has 1 aliphatic carbocycles. The Bertz CT molecular complexity index is 816. The number of hydrogen-bond acceptors (Lipinski definition) is 3. The molecule has 1 aliphatic heterocycles. The molecule has 0 bridgehead atoms. The predicted molar refractivity (Wildman–Crippen MR) is 91.3 cm³/mol. The molecular weight excluding hydrogens is 302 g/mol. The summed E-state index contributed by atoms with van der Waals surface area (Å²) in [6, 6.07) is 11.1. The van der Waals surface area contributed by atoms with Crippen LogP contribution < -0.4 is 5.43 Å². The molecule has 1 aromatic carbocycles. The lowest BCUT2D eigenvalue weighted by molar-refractivity contribution is 0.0771. The second kappa shape index (κ2) is 5.89. The van der Waals surface area contributed by atoms with Crippen LogP contribution >= 0.6 is 0 Å². The molecule has 1 amide bonds. The van der Waals surface area contributed by atoms with Crippen LogP contribution in [0, 0.1) is 18.8 Å². The summed E-state index contributed by atoms with van der Waals surface area (Å²) in [5, 5.41) is 4.39. The maximum atomic E-state index is 12.8. The number of aryl methyl sites for hydroxylation is 1. The third-order valence-corrected chi connectivity index (χ3v) is 5.32. The zero-order valence-corrected chi connectivity index (χ0v) is 13.8. The molecule has 2 fully saturated rings. The Hall–Kier alpha value is -2.43. The fourth-order valence-corrected chi connectivity index (χ4v) is 4.08. The Morgan fingerprint density at radius 1 is 1.12 bits per heavy atom. The molecule has 2 aliphatic rings. The number of carbonyl (C=O) groups excluding carboxylic acids is 1. The maximum Gasteiger partial charge on any atom is 0.278 e. The zero-order valence-electron chi connectivity index (χ0n) is 13.8. The molecule has 2 atom stereocenters. The van der Waals surface area contributed by atoms with Crippen molar-refractivity contribution in [3.8, 4) is 5.69 Å². The fourth-order valence-electron chi connectivity index (χ4n) is 4.08. The molecule has 4 rings (SSSR count). The number of fused-ring (bicyclic) bond motifs is 1. The van der Waals surface area contributed by atoms with Gasteiger partial charge in [-0.25, -0.2) is 4.68 Å². The molecular formula is C19H21N3O2. The average Bonchev–Trinajstić information content (AvgIpc) is 3.17. The summed E-state index contributed by atoms with van der Waals surface area (Å²) in [5.41, 5.74) is 1.31. The monoisotopic (exact) mass is 323 g/mol. The minimum atomic E-state index is -0.290. The summed E-state index contributed by atoms with van der Waals surface area (Å²) < 4.78 is 1.67. The molecule has 1 aromatic heterocycles. The van der Waals surface area contributed by atoms with Gasteiger partial charge in [0.25, 0.3) is 5.91 Å². The predicted octanol–water partition coefficient (Wildman–Crippen LogP) is 2.41. The van der Waals surface area contributed by atoms with Crippen LogP contribution in [-0.2, 0) is 0 Å². The Kier molecular flexibility index (Phi) is 3.71. The van der Waals surface area contributed by atoms with E-state index in [1.807, 2.05) is 42.2 Å². The van der Waals surface area contributed by atoms with Gasteiger partial charge >= 0.3 is 0 Å². The number of benzene rings is 1. The lowest BCUT2D eigenvalue weighted by Crippen LogP contribution is -2.35. The molecule has 2 aromatic rings. The van der Waals surface area contributed by atoms with Crippen LogP contribution in [0.25, 0.3) is 5.69 Å². The van der Waals surface area contributed by atoms with E-state index in [9.17, 15) is 9.59 Å². The van der Waals surface area contributed by atoms with E-state index in [0.717, 1.165) is 24.5 Å². The number of carbonyl (C=O) groups is 1. The fraction of sp³-hybridized carbons (Fsp3) is 0.421. The molecule has 2 heterocycles. The van der Waals surface area contributed by atoms with Gasteiger partial charge in [0, 0.05) is 24.8 Å². The normalized spacial score (nSPS) is 22.6. The molecule has 1 saturated heterocycles. The van der Waals surface area contributed by atoms with E-state index >= 15 is 0 Å². The van der Waals surface area contributed by atoms with E-state index < -0.39 is 0 Å². The number of para-hydroxylation sites is 1. The van der Waals surface area contributed by atoms with Crippen LogP contribution in [0.3, 0.4) is 0 Å². The van der Waals surface area contributed by atoms with Gasteiger partial charge in [-0.1, -0.05) is 24.6 Å². The van der Waals surface area contributed by atoms with E-state index in [2.05, 4.69) is 5.10 Å². The van der Waals surface area contributed by atoms with Gasteiger partial charge in [-0.3, -0.25) is 9.59 Å². The van der Waals surface area contributed by atoms with Gasteiger partial charge in [0.1, 0.15) is 0 Å². The first-order valence-corrected chi connectivity index (χ1v) is 8.59. The van der Waals surface area contributed by atoms with Crippen LogP contribution in [0.5, 0.6) is 0 Å². The Morgan fingerprint density at radius 2 is 1.79 bits per heavy atom. The molecule has 0 N–H and O–H groups in total. The first kappa shape index (κ1) is 15.1. The van der Waals surface area contributed by atoms with Crippen molar-refractivity contribution in [3.05, 3.63) is 58.0 Å². The van der Waals surface area contributed by atoms with Gasteiger partial charge in [-0.2, -0.15) is 5.10 Å². The van der Waals surface area contributed by atoms with E-state index in [1.54, 1.807) is 4.68 Å². The summed E-state index contributed by atoms with van der Waals surface area (Å²) >= 11 is 0. The lowest BCUT2D eigenvalue weighted by Gasteiger charge is -2.17. The minimum Gasteiger partial charge on any atom is -0.337 e. The highest BCUT2D eigenvalue weighted by Gasteiger charge is 2.39. The molecule has 5 nitrogen and oxygen atoms in total. The number of aromatic nitrogens is 2. The van der Waals surface area contributed by atoms with Crippen molar-refractivity contribution in [2.24, 2.45) is 11.8 Å². The summed E-state index contributed by atoms with van der Waals surface area (Å²) in [6.45, 7) is 3.36. The summed E-state index contributed by atoms with van der Waals surface area (Å²) in [4.78, 5) is 27.0. The SMILES string of the molecule is Cc1cc(=O)c(C(=O)N2C[C@H]3CCC[C@H]3C2)nn1-c1ccccc1. The van der Waals surface area contributed by atoms with Crippen LogP contribution in [-0.4, -0.2) is 33.7 Å². The average molecular weight is 323 g/mol. The second-order valence-electron chi connectivity index (χ2n) is 6.91. The van der Waals surface area contributed by atoms with Crippen LogP contribution in [0.1, 0.15) is 35.4 Å². The van der Waals surface area contributed by atoms with Crippen molar-refractivity contribution in [2.45, 2.75) is 26.2 Å². The van der Waals surface area contributed by atoms with Crippen LogP contribution in [0.15, 0.2) is 41.2 Å². The lowest BCUT2D eigenvalue weighted by atomic mass is 10.0. The van der Waals surface area contributed by atoms with Gasteiger partial charge in [0.05, 0.1) is 5.69 Å². The molecule has 0 spiro atoms. The zero-order chi connectivity index (χ0) is 16.7. The Labute approximate surface area is 140 Å². The van der Waals surface area contributed by atoms with Crippen molar-refractivity contribution in [1.82, 2.24) is 14.7 Å². The largest absolute Gasteiger partial charge is 0.337 e. The Morgan fingerprint density at radius 3 is 2.46 bits per heavy atom. The van der Waals surface area contributed by atoms with Crippen molar-refractivity contribution >= 4 is 5.91 Å². The molecule has 5 heteroatoms. The van der Waals surface area contributed by atoms with Crippen molar-refractivity contribution in [3.63, 3.8) is 0 Å². The second-order valence-corrected chi connectivity index (χ2v) is 6.91. The van der Waals surface area contributed by atoms with E-state index in [0.29, 0.717) is 11.8 Å². The van der Waals surface area contributed by atoms with Crippen molar-refractivity contribution in [1.29, 1.82) is 0 Å². The number of amides is 1. The number of nitrogens with zero attached hydrogens (tertiary/aromatic N) is 3. The molecule has 0 unspecified atom stereocenters. The van der Waals surface area contributed by atoms with Crippen LogP contribution in [0.4, 0.5) is 0 Å². The van der Waals surface area contributed by atoms with Gasteiger partial charge in [-0.05, 0) is 43.7 Å². The number of hydrogen-bond donors (Lipinski definition) is 0. The topological polar surface area (TPSA) is 55.2 Å². The van der Waals surface area contributed by atoms with E-state index in [4.69, 9.17) is 0 Å². The molecule has 0 radical (unpaired) electrons. The Balaban J connectivity index is 1.68.